The van der Waals surface area contributed by atoms with Crippen molar-refractivity contribution < 1.29 is 23.5 Å². The zero-order valence-corrected chi connectivity index (χ0v) is 15.4. The van der Waals surface area contributed by atoms with Crippen molar-refractivity contribution >= 4 is 17.8 Å². The molecule has 0 radical (unpaired) electrons. The molecule has 7 heteroatoms. The fraction of sp³-hybridized carbons (Fsp3) is 0.350. The van der Waals surface area contributed by atoms with Gasteiger partial charge in [-0.15, -0.1) is 0 Å². The van der Waals surface area contributed by atoms with Gasteiger partial charge in [-0.2, -0.15) is 0 Å². The summed E-state index contributed by atoms with van der Waals surface area (Å²) in [4.78, 5) is 36.1. The number of hydrogen-bond acceptors (Lipinski definition) is 5. The minimum Gasteiger partial charge on any atom is -0.459 e. The topological polar surface area (TPSA) is 97.6 Å². The van der Waals surface area contributed by atoms with Gasteiger partial charge >= 0.3 is 5.97 Å². The summed E-state index contributed by atoms with van der Waals surface area (Å²) in [5.74, 6) is -1.67. The van der Waals surface area contributed by atoms with Gasteiger partial charge in [-0.05, 0) is 30.0 Å². The maximum Gasteiger partial charge on any atom is 0.329 e. The van der Waals surface area contributed by atoms with E-state index in [0.717, 1.165) is 5.56 Å². The Morgan fingerprint density at radius 3 is 2.44 bits per heavy atom. The number of ether oxygens (including phenoxy) is 1. The number of carbonyl (C=O) groups excluding carboxylic acids is 3. The lowest BCUT2D eigenvalue weighted by Crippen LogP contribution is -2.46. The molecule has 1 aromatic heterocycles. The molecule has 2 rings (SSSR count). The Labute approximate surface area is 158 Å². The molecule has 2 aromatic rings. The molecule has 0 bridgehead atoms. The van der Waals surface area contributed by atoms with E-state index in [0.29, 0.717) is 13.0 Å². The second kappa shape index (κ2) is 10.2. The first kappa shape index (κ1) is 20.2. The Kier molecular flexibility index (Phi) is 7.61. The van der Waals surface area contributed by atoms with E-state index in [1.807, 2.05) is 30.3 Å². The van der Waals surface area contributed by atoms with Crippen LogP contribution in [0.1, 0.15) is 30.0 Å². The first-order valence-electron chi connectivity index (χ1n) is 8.79. The summed E-state index contributed by atoms with van der Waals surface area (Å²) in [5, 5.41) is 5.27. The fourth-order valence-electron chi connectivity index (χ4n) is 2.39. The first-order valence-corrected chi connectivity index (χ1v) is 8.79. The molecule has 0 aliphatic heterocycles. The summed E-state index contributed by atoms with van der Waals surface area (Å²) in [6, 6.07) is 11.9. The van der Waals surface area contributed by atoms with Crippen LogP contribution in [0.2, 0.25) is 0 Å². The van der Waals surface area contributed by atoms with Crippen LogP contribution in [0.3, 0.4) is 0 Å². The molecule has 2 amide bonds. The van der Waals surface area contributed by atoms with Gasteiger partial charge < -0.3 is 19.8 Å². The number of carbonyl (C=O) groups is 3. The van der Waals surface area contributed by atoms with Crippen LogP contribution in [0.4, 0.5) is 0 Å². The number of rotatable bonds is 9. The third kappa shape index (κ3) is 6.62. The highest BCUT2D eigenvalue weighted by Crippen LogP contribution is 2.07. The molecule has 2 N–H and O–H groups in total. The molecule has 1 heterocycles. The molecule has 0 saturated heterocycles. The summed E-state index contributed by atoms with van der Waals surface area (Å²) in [6.45, 7) is 3.60. The predicted octanol–water partition coefficient (Wildman–Crippen LogP) is 1.94. The lowest BCUT2D eigenvalue weighted by molar-refractivity contribution is -0.151. The molecule has 0 aliphatic carbocycles. The van der Waals surface area contributed by atoms with Crippen molar-refractivity contribution in [2.24, 2.45) is 5.92 Å². The largest absolute Gasteiger partial charge is 0.459 e. The lowest BCUT2D eigenvalue weighted by atomic mass is 10.0. The molecule has 144 valence electrons. The van der Waals surface area contributed by atoms with Crippen LogP contribution in [0.5, 0.6) is 0 Å². The molecule has 0 aliphatic rings. The van der Waals surface area contributed by atoms with E-state index in [1.165, 1.54) is 12.3 Å². The van der Waals surface area contributed by atoms with Crippen molar-refractivity contribution in [3.8, 4) is 0 Å². The van der Waals surface area contributed by atoms with Crippen LogP contribution in [0.25, 0.3) is 0 Å². The summed E-state index contributed by atoms with van der Waals surface area (Å²) in [6.07, 6.45) is 2.06. The summed E-state index contributed by atoms with van der Waals surface area (Å²) in [7, 11) is 0. The van der Waals surface area contributed by atoms with E-state index < -0.39 is 24.5 Å². The third-order valence-electron chi connectivity index (χ3n) is 3.88. The van der Waals surface area contributed by atoms with Crippen LogP contribution in [0, 0.1) is 5.92 Å². The molecule has 0 spiro atoms. The molecule has 27 heavy (non-hydrogen) atoms. The monoisotopic (exact) mass is 372 g/mol. The van der Waals surface area contributed by atoms with Crippen molar-refractivity contribution in [1.29, 1.82) is 0 Å². The minimum atomic E-state index is -0.875. The molecular weight excluding hydrogens is 348 g/mol. The van der Waals surface area contributed by atoms with Gasteiger partial charge in [0.25, 0.3) is 11.8 Å². The zero-order chi connectivity index (χ0) is 19.6. The number of furan rings is 1. The maximum absolute atomic E-state index is 12.2. The molecule has 7 nitrogen and oxygen atoms in total. The number of amides is 2. The summed E-state index contributed by atoms with van der Waals surface area (Å²) in [5.41, 5.74) is 1.11. The van der Waals surface area contributed by atoms with Gasteiger partial charge in [-0.3, -0.25) is 9.59 Å². The van der Waals surface area contributed by atoms with Crippen molar-refractivity contribution in [2.75, 3.05) is 13.2 Å². The average Bonchev–Trinajstić information content (AvgIpc) is 3.19. The van der Waals surface area contributed by atoms with Crippen molar-refractivity contribution in [3.63, 3.8) is 0 Å². The van der Waals surface area contributed by atoms with Crippen LogP contribution in [0.15, 0.2) is 53.1 Å². The molecule has 0 saturated carbocycles. The van der Waals surface area contributed by atoms with Crippen molar-refractivity contribution in [2.45, 2.75) is 26.3 Å². The Morgan fingerprint density at radius 2 is 1.81 bits per heavy atom. The number of hydrogen-bond donors (Lipinski definition) is 2. The van der Waals surface area contributed by atoms with Crippen LogP contribution >= 0.6 is 0 Å². The molecule has 1 aromatic carbocycles. The Hall–Kier alpha value is -3.09. The lowest BCUT2D eigenvalue weighted by Gasteiger charge is -2.20. The second-order valence-electron chi connectivity index (χ2n) is 6.37. The number of nitrogens with one attached hydrogen (secondary N) is 2. The van der Waals surface area contributed by atoms with E-state index in [-0.39, 0.29) is 17.6 Å². The Bertz CT molecular complexity index is 741. The van der Waals surface area contributed by atoms with E-state index >= 15 is 0 Å². The smallest absolute Gasteiger partial charge is 0.329 e. The zero-order valence-electron chi connectivity index (χ0n) is 15.4. The predicted molar refractivity (Wildman–Crippen MR) is 98.9 cm³/mol. The Balaban J connectivity index is 1.75. The minimum absolute atomic E-state index is 0.104. The van der Waals surface area contributed by atoms with Crippen molar-refractivity contribution in [1.82, 2.24) is 10.6 Å². The van der Waals surface area contributed by atoms with Crippen LogP contribution in [-0.2, 0) is 20.7 Å². The van der Waals surface area contributed by atoms with E-state index in [9.17, 15) is 14.4 Å². The van der Waals surface area contributed by atoms with Crippen LogP contribution in [-0.4, -0.2) is 37.0 Å². The van der Waals surface area contributed by atoms with E-state index in [1.54, 1.807) is 19.9 Å². The fourth-order valence-corrected chi connectivity index (χ4v) is 2.39. The number of esters is 1. The Morgan fingerprint density at radius 1 is 1.07 bits per heavy atom. The van der Waals surface area contributed by atoms with Gasteiger partial charge in [0.2, 0.25) is 0 Å². The van der Waals surface area contributed by atoms with E-state index in [4.69, 9.17) is 9.15 Å². The van der Waals surface area contributed by atoms with Crippen molar-refractivity contribution in [3.05, 3.63) is 60.1 Å². The standard InChI is InChI=1S/C20H24N2O5/c1-14(2)18(22-19(24)16-9-6-12-26-16)20(25)27-13-17(23)21-11-10-15-7-4-3-5-8-15/h3-9,12,14,18H,10-11,13H2,1-2H3,(H,21,23)(H,22,24)/t18-/m1/s1. The van der Waals surface area contributed by atoms with Gasteiger partial charge in [0.1, 0.15) is 6.04 Å². The quantitative estimate of drug-likeness (QED) is 0.656. The van der Waals surface area contributed by atoms with Gasteiger partial charge in [0, 0.05) is 6.54 Å². The highest BCUT2D eigenvalue weighted by molar-refractivity contribution is 5.94. The first-order chi connectivity index (χ1) is 13.0. The van der Waals surface area contributed by atoms with Gasteiger partial charge in [-0.1, -0.05) is 44.2 Å². The van der Waals surface area contributed by atoms with Crippen LogP contribution < -0.4 is 10.6 Å². The highest BCUT2D eigenvalue weighted by atomic mass is 16.5. The molecule has 1 atom stereocenters. The van der Waals surface area contributed by atoms with E-state index in [2.05, 4.69) is 10.6 Å². The van der Waals surface area contributed by atoms with Gasteiger partial charge in [0.15, 0.2) is 12.4 Å². The molecule has 0 unspecified atom stereocenters. The second-order valence-corrected chi connectivity index (χ2v) is 6.37. The maximum atomic E-state index is 12.2. The summed E-state index contributed by atoms with van der Waals surface area (Å²) < 4.78 is 10.1. The highest BCUT2D eigenvalue weighted by Gasteiger charge is 2.27. The molecule has 0 fully saturated rings. The van der Waals surface area contributed by atoms with Gasteiger partial charge in [-0.25, -0.2) is 4.79 Å². The number of benzene rings is 1. The third-order valence-corrected chi connectivity index (χ3v) is 3.88. The van der Waals surface area contributed by atoms with Gasteiger partial charge in [0.05, 0.1) is 6.26 Å². The SMILES string of the molecule is CC(C)[C@@H](NC(=O)c1ccco1)C(=O)OCC(=O)NCCc1ccccc1. The normalized spacial score (nSPS) is 11.7. The molecular formula is C20H24N2O5. The summed E-state index contributed by atoms with van der Waals surface area (Å²) >= 11 is 0. The average molecular weight is 372 g/mol.